The van der Waals surface area contributed by atoms with Gasteiger partial charge in [0.15, 0.2) is 0 Å². The van der Waals surface area contributed by atoms with Crippen molar-refractivity contribution in [1.82, 2.24) is 4.98 Å². The number of fused-ring (bicyclic) bond motifs is 1. The number of benzene rings is 2. The van der Waals surface area contributed by atoms with Gasteiger partial charge in [-0.1, -0.05) is 26.0 Å². The average molecular weight is 333 g/mol. The second-order valence-electron chi connectivity index (χ2n) is 6.05. The molecule has 1 heterocycles. The second-order valence-corrected chi connectivity index (χ2v) is 6.05. The van der Waals surface area contributed by atoms with E-state index in [1.165, 1.54) is 0 Å². The van der Waals surface area contributed by atoms with E-state index in [0.717, 1.165) is 10.9 Å². The minimum atomic E-state index is -0.197. The molecule has 0 aliphatic carbocycles. The second kappa shape index (κ2) is 7.13. The Bertz CT molecular complexity index is 912. The largest absolute Gasteiger partial charge is 0.326 e. The molecule has 0 saturated carbocycles. The van der Waals surface area contributed by atoms with Crippen LogP contribution in [0.5, 0.6) is 0 Å². The molecule has 3 rings (SSSR count). The summed E-state index contributed by atoms with van der Waals surface area (Å²) < 4.78 is 0. The maximum absolute atomic E-state index is 12.6. The third-order valence-corrected chi connectivity index (χ3v) is 3.82. The fourth-order valence-corrected chi connectivity index (χ4v) is 2.42. The van der Waals surface area contributed by atoms with Crippen LogP contribution >= 0.6 is 0 Å². The molecule has 0 aliphatic heterocycles. The molecule has 25 heavy (non-hydrogen) atoms. The van der Waals surface area contributed by atoms with E-state index in [9.17, 15) is 9.59 Å². The van der Waals surface area contributed by atoms with Crippen molar-refractivity contribution in [3.05, 3.63) is 66.4 Å². The standard InChI is InChI=1S/C20H19N3O2/c1-13(2)19(24)22-14-8-10-15(11-9-14)23-20(25)17-5-3-7-18-16(17)6-4-12-21-18/h3-13H,1-2H3,(H,22,24)(H,23,25). The number of amides is 2. The molecular formula is C20H19N3O2. The van der Waals surface area contributed by atoms with Gasteiger partial charge < -0.3 is 10.6 Å². The Morgan fingerprint density at radius 3 is 2.24 bits per heavy atom. The molecule has 0 fully saturated rings. The van der Waals surface area contributed by atoms with E-state index in [4.69, 9.17) is 0 Å². The summed E-state index contributed by atoms with van der Waals surface area (Å²) >= 11 is 0. The summed E-state index contributed by atoms with van der Waals surface area (Å²) in [6, 6.07) is 16.2. The molecule has 0 radical (unpaired) electrons. The Morgan fingerprint density at radius 1 is 0.880 bits per heavy atom. The number of pyridine rings is 1. The lowest BCUT2D eigenvalue weighted by Gasteiger charge is -2.10. The zero-order valence-corrected chi connectivity index (χ0v) is 14.1. The van der Waals surface area contributed by atoms with Crippen molar-refractivity contribution in [2.24, 2.45) is 5.92 Å². The Kier molecular flexibility index (Phi) is 4.75. The van der Waals surface area contributed by atoms with Crippen LogP contribution in [0.4, 0.5) is 11.4 Å². The lowest BCUT2D eigenvalue weighted by molar-refractivity contribution is -0.118. The van der Waals surface area contributed by atoms with Gasteiger partial charge in [0.05, 0.1) is 5.52 Å². The first-order valence-electron chi connectivity index (χ1n) is 8.10. The summed E-state index contributed by atoms with van der Waals surface area (Å²) in [4.78, 5) is 28.5. The Balaban J connectivity index is 1.75. The van der Waals surface area contributed by atoms with Gasteiger partial charge in [-0.2, -0.15) is 0 Å². The molecule has 1 aromatic heterocycles. The van der Waals surface area contributed by atoms with Crippen molar-refractivity contribution in [2.45, 2.75) is 13.8 Å². The van der Waals surface area contributed by atoms with Gasteiger partial charge in [0.2, 0.25) is 5.91 Å². The fraction of sp³-hybridized carbons (Fsp3) is 0.150. The molecule has 0 aliphatic rings. The Labute approximate surface area is 146 Å². The SMILES string of the molecule is CC(C)C(=O)Nc1ccc(NC(=O)c2cccc3ncccc23)cc1. The zero-order chi connectivity index (χ0) is 17.8. The smallest absolute Gasteiger partial charge is 0.256 e. The first-order valence-corrected chi connectivity index (χ1v) is 8.10. The Hall–Kier alpha value is -3.21. The van der Waals surface area contributed by atoms with E-state index in [0.29, 0.717) is 16.9 Å². The van der Waals surface area contributed by atoms with E-state index in [1.54, 1.807) is 36.5 Å². The first kappa shape index (κ1) is 16.6. The first-order chi connectivity index (χ1) is 12.0. The van der Waals surface area contributed by atoms with Crippen LogP contribution in [-0.4, -0.2) is 16.8 Å². The van der Waals surface area contributed by atoms with Crippen molar-refractivity contribution in [2.75, 3.05) is 10.6 Å². The van der Waals surface area contributed by atoms with Crippen molar-refractivity contribution >= 4 is 34.1 Å². The number of nitrogens with zero attached hydrogens (tertiary/aromatic N) is 1. The van der Waals surface area contributed by atoms with Gasteiger partial charge in [-0.15, -0.1) is 0 Å². The number of anilines is 2. The molecule has 0 unspecified atom stereocenters. The number of rotatable bonds is 4. The Morgan fingerprint density at radius 2 is 1.56 bits per heavy atom. The summed E-state index contributed by atoms with van der Waals surface area (Å²) in [7, 11) is 0. The number of carbonyl (C=O) groups excluding carboxylic acids is 2. The van der Waals surface area contributed by atoms with Gasteiger partial charge in [0.1, 0.15) is 0 Å². The van der Waals surface area contributed by atoms with Gasteiger partial charge in [-0.25, -0.2) is 0 Å². The van der Waals surface area contributed by atoms with Crippen LogP contribution < -0.4 is 10.6 Å². The number of hydrogen-bond donors (Lipinski definition) is 2. The van der Waals surface area contributed by atoms with Crippen LogP contribution in [0.3, 0.4) is 0 Å². The summed E-state index contributed by atoms with van der Waals surface area (Å²) in [6.45, 7) is 3.67. The van der Waals surface area contributed by atoms with Crippen molar-refractivity contribution < 1.29 is 9.59 Å². The predicted octanol–water partition coefficient (Wildman–Crippen LogP) is 4.08. The molecule has 126 valence electrons. The van der Waals surface area contributed by atoms with Crippen LogP contribution in [0.15, 0.2) is 60.8 Å². The van der Waals surface area contributed by atoms with Gasteiger partial charge in [0.25, 0.3) is 5.91 Å². The van der Waals surface area contributed by atoms with Crippen LogP contribution in [0.1, 0.15) is 24.2 Å². The van der Waals surface area contributed by atoms with Gasteiger partial charge in [-0.05, 0) is 42.5 Å². The highest BCUT2D eigenvalue weighted by atomic mass is 16.2. The molecule has 2 N–H and O–H groups in total. The number of hydrogen-bond acceptors (Lipinski definition) is 3. The molecule has 5 nitrogen and oxygen atoms in total. The maximum Gasteiger partial charge on any atom is 0.256 e. The predicted molar refractivity (Wildman–Crippen MR) is 99.6 cm³/mol. The summed E-state index contributed by atoms with van der Waals surface area (Å²) in [5.41, 5.74) is 2.71. The highest BCUT2D eigenvalue weighted by Crippen LogP contribution is 2.19. The van der Waals surface area contributed by atoms with E-state index >= 15 is 0 Å². The molecule has 0 saturated heterocycles. The highest BCUT2D eigenvalue weighted by molar-refractivity contribution is 6.12. The van der Waals surface area contributed by atoms with E-state index < -0.39 is 0 Å². The molecule has 0 spiro atoms. The van der Waals surface area contributed by atoms with E-state index in [-0.39, 0.29) is 17.7 Å². The highest BCUT2D eigenvalue weighted by Gasteiger charge is 2.11. The molecule has 5 heteroatoms. The van der Waals surface area contributed by atoms with Crippen LogP contribution in [-0.2, 0) is 4.79 Å². The normalized spacial score (nSPS) is 10.7. The number of carbonyl (C=O) groups is 2. The molecule has 2 amide bonds. The van der Waals surface area contributed by atoms with E-state index in [1.807, 2.05) is 38.1 Å². The molecule has 0 bridgehead atoms. The topological polar surface area (TPSA) is 71.1 Å². The van der Waals surface area contributed by atoms with Gasteiger partial charge in [-0.3, -0.25) is 14.6 Å². The lowest BCUT2D eigenvalue weighted by atomic mass is 10.1. The van der Waals surface area contributed by atoms with Crippen molar-refractivity contribution in [3.8, 4) is 0 Å². The monoisotopic (exact) mass is 333 g/mol. The third-order valence-electron chi connectivity index (χ3n) is 3.82. The van der Waals surface area contributed by atoms with Gasteiger partial charge >= 0.3 is 0 Å². The van der Waals surface area contributed by atoms with Crippen LogP contribution in [0, 0.1) is 5.92 Å². The van der Waals surface area contributed by atoms with Gasteiger partial charge in [0, 0.05) is 34.4 Å². The zero-order valence-electron chi connectivity index (χ0n) is 14.1. The maximum atomic E-state index is 12.6. The summed E-state index contributed by atoms with van der Waals surface area (Å²) in [5.74, 6) is -0.322. The fourth-order valence-electron chi connectivity index (χ4n) is 2.42. The third kappa shape index (κ3) is 3.83. The molecule has 0 atom stereocenters. The van der Waals surface area contributed by atoms with Crippen molar-refractivity contribution in [3.63, 3.8) is 0 Å². The van der Waals surface area contributed by atoms with Crippen molar-refractivity contribution in [1.29, 1.82) is 0 Å². The minimum Gasteiger partial charge on any atom is -0.326 e. The summed E-state index contributed by atoms with van der Waals surface area (Å²) in [6.07, 6.45) is 1.70. The summed E-state index contributed by atoms with van der Waals surface area (Å²) in [5, 5.41) is 6.50. The average Bonchev–Trinajstić information content (AvgIpc) is 2.62. The number of aromatic nitrogens is 1. The number of nitrogens with one attached hydrogen (secondary N) is 2. The molecular weight excluding hydrogens is 314 g/mol. The lowest BCUT2D eigenvalue weighted by Crippen LogP contribution is -2.17. The minimum absolute atomic E-state index is 0.0416. The van der Waals surface area contributed by atoms with Crippen LogP contribution in [0.2, 0.25) is 0 Å². The molecule has 3 aromatic rings. The van der Waals surface area contributed by atoms with Crippen LogP contribution in [0.25, 0.3) is 10.9 Å². The quantitative estimate of drug-likeness (QED) is 0.755. The molecule has 2 aromatic carbocycles. The van der Waals surface area contributed by atoms with E-state index in [2.05, 4.69) is 15.6 Å².